The summed E-state index contributed by atoms with van der Waals surface area (Å²) < 4.78 is 0. The van der Waals surface area contributed by atoms with E-state index in [9.17, 15) is 19.5 Å². The van der Waals surface area contributed by atoms with Crippen molar-refractivity contribution in [3.8, 4) is 11.1 Å². The predicted octanol–water partition coefficient (Wildman–Crippen LogP) is 6.35. The Morgan fingerprint density at radius 2 is 1.82 bits per heavy atom. The molecule has 0 unspecified atom stereocenters. The molecule has 7 heteroatoms. The van der Waals surface area contributed by atoms with Crippen molar-refractivity contribution in [2.24, 2.45) is 5.92 Å². The highest BCUT2D eigenvalue weighted by Gasteiger charge is 2.24. The van der Waals surface area contributed by atoms with Crippen LogP contribution in [0.25, 0.3) is 11.1 Å². The Kier molecular flexibility index (Phi) is 12.4. The monoisotopic (exact) mass is 552 g/mol. The van der Waals surface area contributed by atoms with Crippen molar-refractivity contribution in [2.45, 2.75) is 77.7 Å². The van der Waals surface area contributed by atoms with Crippen LogP contribution in [0.1, 0.15) is 79.8 Å². The Hall–Kier alpha value is -2.80. The molecule has 1 aliphatic carbocycles. The summed E-state index contributed by atoms with van der Waals surface area (Å²) in [6, 6.07) is 12.8. The number of amides is 2. The SMILES string of the molecule is CCCC(=O)N(CCc1ccc(C(=O)N[C@@H](CCSC)C(=O)O)c(-c2ccccc2C)c1)CC1CCCCC1. The molecule has 1 fully saturated rings. The first-order valence-corrected chi connectivity index (χ1v) is 15.7. The third-order valence-corrected chi connectivity index (χ3v) is 8.31. The van der Waals surface area contributed by atoms with Crippen LogP contribution in [0, 0.1) is 12.8 Å². The Bertz CT molecular complexity index is 1110. The second kappa shape index (κ2) is 15.7. The van der Waals surface area contributed by atoms with Crippen LogP contribution in [0.3, 0.4) is 0 Å². The summed E-state index contributed by atoms with van der Waals surface area (Å²) in [5.41, 5.74) is 4.29. The number of carbonyl (C=O) groups is 3. The Labute approximate surface area is 237 Å². The van der Waals surface area contributed by atoms with Gasteiger partial charge in [0.05, 0.1) is 0 Å². The molecule has 1 atom stereocenters. The minimum absolute atomic E-state index is 0.225. The molecular weight excluding hydrogens is 508 g/mol. The molecular formula is C32H44N2O4S. The van der Waals surface area contributed by atoms with Gasteiger partial charge in [0.25, 0.3) is 5.91 Å². The number of carbonyl (C=O) groups excluding carboxylic acids is 2. The molecule has 2 aromatic carbocycles. The lowest BCUT2D eigenvalue weighted by Gasteiger charge is -2.30. The van der Waals surface area contributed by atoms with Gasteiger partial charge in [-0.2, -0.15) is 11.8 Å². The van der Waals surface area contributed by atoms with Gasteiger partial charge in [0.1, 0.15) is 6.04 Å². The topological polar surface area (TPSA) is 86.7 Å². The van der Waals surface area contributed by atoms with Gasteiger partial charge in [0.15, 0.2) is 0 Å². The largest absolute Gasteiger partial charge is 0.480 e. The number of thioether (sulfide) groups is 1. The van der Waals surface area contributed by atoms with Crippen LogP contribution in [-0.2, 0) is 16.0 Å². The highest BCUT2D eigenvalue weighted by atomic mass is 32.2. The molecule has 212 valence electrons. The summed E-state index contributed by atoms with van der Waals surface area (Å²) >= 11 is 1.55. The lowest BCUT2D eigenvalue weighted by molar-refractivity contribution is -0.139. The van der Waals surface area contributed by atoms with Gasteiger partial charge in [-0.05, 0) is 85.3 Å². The summed E-state index contributed by atoms with van der Waals surface area (Å²) in [7, 11) is 0. The molecule has 0 bridgehead atoms. The fourth-order valence-corrected chi connectivity index (χ4v) is 5.88. The molecule has 2 amide bonds. The van der Waals surface area contributed by atoms with Gasteiger partial charge in [-0.3, -0.25) is 9.59 Å². The van der Waals surface area contributed by atoms with Crippen LogP contribution in [0.4, 0.5) is 0 Å². The fraction of sp³-hybridized carbons (Fsp3) is 0.531. The molecule has 0 spiro atoms. The van der Waals surface area contributed by atoms with Crippen LogP contribution in [0.2, 0.25) is 0 Å². The second-order valence-electron chi connectivity index (χ2n) is 10.7. The standard InChI is InChI=1S/C32H44N2O4S/c1-4-10-30(35)34(22-25-12-6-5-7-13-25)19-17-24-15-16-27(28(21-24)26-14-9-8-11-23(26)2)31(36)33-29(32(37)38)18-20-39-3/h8-9,11,14-16,21,25,29H,4-7,10,12-13,17-20,22H2,1-3H3,(H,33,36)(H,37,38)/t29-/m0/s1. The van der Waals surface area contributed by atoms with E-state index >= 15 is 0 Å². The maximum absolute atomic E-state index is 13.4. The van der Waals surface area contributed by atoms with Crippen LogP contribution >= 0.6 is 11.8 Å². The number of rotatable bonds is 14. The van der Waals surface area contributed by atoms with Crippen LogP contribution < -0.4 is 5.32 Å². The van der Waals surface area contributed by atoms with Crippen LogP contribution in [-0.4, -0.2) is 58.9 Å². The van der Waals surface area contributed by atoms with Crippen molar-refractivity contribution in [3.63, 3.8) is 0 Å². The first-order valence-electron chi connectivity index (χ1n) is 14.3. The number of hydrogen-bond acceptors (Lipinski definition) is 4. The van der Waals surface area contributed by atoms with Gasteiger partial charge in [-0.25, -0.2) is 4.79 Å². The summed E-state index contributed by atoms with van der Waals surface area (Å²) in [6.45, 7) is 5.54. The zero-order chi connectivity index (χ0) is 28.2. The quantitative estimate of drug-likeness (QED) is 0.285. The lowest BCUT2D eigenvalue weighted by Crippen LogP contribution is -2.41. The molecule has 39 heavy (non-hydrogen) atoms. The zero-order valence-corrected chi connectivity index (χ0v) is 24.5. The average Bonchev–Trinajstić information content (AvgIpc) is 2.93. The van der Waals surface area contributed by atoms with E-state index in [0.717, 1.165) is 35.2 Å². The number of aryl methyl sites for hydroxylation is 1. The number of nitrogens with zero attached hydrogens (tertiary/aromatic N) is 1. The number of benzene rings is 2. The Morgan fingerprint density at radius 3 is 2.49 bits per heavy atom. The molecule has 2 N–H and O–H groups in total. The predicted molar refractivity (Wildman–Crippen MR) is 160 cm³/mol. The number of hydrogen-bond donors (Lipinski definition) is 2. The summed E-state index contributed by atoms with van der Waals surface area (Å²) in [5.74, 6) is 0.0470. The molecule has 0 radical (unpaired) electrons. The minimum atomic E-state index is -1.03. The van der Waals surface area contributed by atoms with Gasteiger partial charge in [0, 0.05) is 25.1 Å². The number of nitrogens with one attached hydrogen (secondary N) is 1. The molecule has 1 saturated carbocycles. The molecule has 3 rings (SSSR count). The first kappa shape index (κ1) is 30.7. The van der Waals surface area contributed by atoms with E-state index in [0.29, 0.717) is 43.0 Å². The van der Waals surface area contributed by atoms with E-state index in [4.69, 9.17) is 0 Å². The second-order valence-corrected chi connectivity index (χ2v) is 11.7. The molecule has 0 aliphatic heterocycles. The van der Waals surface area contributed by atoms with E-state index < -0.39 is 12.0 Å². The van der Waals surface area contributed by atoms with Crippen LogP contribution in [0.15, 0.2) is 42.5 Å². The summed E-state index contributed by atoms with van der Waals surface area (Å²) in [6.07, 6.45) is 10.6. The van der Waals surface area contributed by atoms with Gasteiger partial charge in [-0.1, -0.05) is 62.6 Å². The number of carboxylic acid groups (broad SMARTS) is 1. The van der Waals surface area contributed by atoms with E-state index in [1.807, 2.05) is 56.5 Å². The Balaban J connectivity index is 1.85. The molecule has 0 saturated heterocycles. The summed E-state index contributed by atoms with van der Waals surface area (Å²) in [4.78, 5) is 40.1. The minimum Gasteiger partial charge on any atom is -0.480 e. The first-order chi connectivity index (χ1) is 18.8. The third-order valence-electron chi connectivity index (χ3n) is 7.67. The number of aliphatic carboxylic acids is 1. The van der Waals surface area contributed by atoms with Gasteiger partial charge < -0.3 is 15.3 Å². The highest BCUT2D eigenvalue weighted by molar-refractivity contribution is 7.98. The fourth-order valence-electron chi connectivity index (χ4n) is 5.41. The maximum atomic E-state index is 13.4. The normalized spacial score (nSPS) is 14.5. The van der Waals surface area contributed by atoms with Crippen molar-refractivity contribution in [1.82, 2.24) is 10.2 Å². The van der Waals surface area contributed by atoms with Crippen molar-refractivity contribution in [2.75, 3.05) is 25.1 Å². The van der Waals surface area contributed by atoms with Crippen LogP contribution in [0.5, 0.6) is 0 Å². The van der Waals surface area contributed by atoms with Crippen molar-refractivity contribution in [1.29, 1.82) is 0 Å². The van der Waals surface area contributed by atoms with Gasteiger partial charge in [0.2, 0.25) is 5.91 Å². The van der Waals surface area contributed by atoms with E-state index in [1.165, 1.54) is 32.1 Å². The van der Waals surface area contributed by atoms with Crippen molar-refractivity contribution >= 4 is 29.5 Å². The molecule has 0 heterocycles. The van der Waals surface area contributed by atoms with E-state index in [-0.39, 0.29) is 11.8 Å². The smallest absolute Gasteiger partial charge is 0.326 e. The lowest BCUT2D eigenvalue weighted by atomic mass is 9.88. The maximum Gasteiger partial charge on any atom is 0.326 e. The van der Waals surface area contributed by atoms with Gasteiger partial charge >= 0.3 is 5.97 Å². The van der Waals surface area contributed by atoms with Crippen molar-refractivity contribution in [3.05, 3.63) is 59.2 Å². The van der Waals surface area contributed by atoms with E-state index in [2.05, 4.69) is 10.2 Å². The highest BCUT2D eigenvalue weighted by Crippen LogP contribution is 2.29. The zero-order valence-electron chi connectivity index (χ0n) is 23.7. The number of carboxylic acids is 1. The average molecular weight is 553 g/mol. The molecule has 1 aliphatic rings. The molecule has 0 aromatic heterocycles. The summed E-state index contributed by atoms with van der Waals surface area (Å²) in [5, 5.41) is 12.4. The molecule has 2 aromatic rings. The van der Waals surface area contributed by atoms with E-state index in [1.54, 1.807) is 17.8 Å². The third kappa shape index (κ3) is 9.13. The molecule has 6 nitrogen and oxygen atoms in total. The Morgan fingerprint density at radius 1 is 1.08 bits per heavy atom. The van der Waals surface area contributed by atoms with Crippen molar-refractivity contribution < 1.29 is 19.5 Å². The van der Waals surface area contributed by atoms with Gasteiger partial charge in [-0.15, -0.1) is 0 Å².